The Balaban J connectivity index is 2.44. The zero-order valence-electron chi connectivity index (χ0n) is 10.8. The molecule has 3 N–H and O–H groups in total. The lowest BCUT2D eigenvalue weighted by Gasteiger charge is -2.09. The van der Waals surface area contributed by atoms with E-state index in [1.165, 1.54) is 19.3 Å². The van der Waals surface area contributed by atoms with Gasteiger partial charge in [0, 0.05) is 17.8 Å². The lowest BCUT2D eigenvalue weighted by molar-refractivity contribution is 0.0952. The van der Waals surface area contributed by atoms with E-state index in [4.69, 9.17) is 5.73 Å². The van der Waals surface area contributed by atoms with Crippen molar-refractivity contribution in [3.05, 3.63) is 29.3 Å². The van der Waals surface area contributed by atoms with Crippen LogP contribution in [0.25, 0.3) is 0 Å². The second-order valence-corrected chi connectivity index (χ2v) is 4.34. The molecule has 0 saturated heterocycles. The molecule has 1 aromatic carbocycles. The van der Waals surface area contributed by atoms with Crippen molar-refractivity contribution in [1.82, 2.24) is 5.32 Å². The number of amides is 1. The summed E-state index contributed by atoms with van der Waals surface area (Å²) in [5.41, 5.74) is 7.98. The zero-order chi connectivity index (χ0) is 12.7. The molecule has 0 bridgehead atoms. The Kier molecular flexibility index (Phi) is 5.53. The topological polar surface area (TPSA) is 55.1 Å². The fourth-order valence-electron chi connectivity index (χ4n) is 1.75. The van der Waals surface area contributed by atoms with Gasteiger partial charge in [0.2, 0.25) is 0 Å². The largest absolute Gasteiger partial charge is 0.398 e. The lowest BCUT2D eigenvalue weighted by atomic mass is 10.1. The number of nitrogens with two attached hydrogens (primary N) is 1. The summed E-state index contributed by atoms with van der Waals surface area (Å²) in [5.74, 6) is -0.0219. The normalized spacial score (nSPS) is 10.2. The molecule has 0 fully saturated rings. The van der Waals surface area contributed by atoms with Crippen molar-refractivity contribution in [2.24, 2.45) is 0 Å². The second kappa shape index (κ2) is 6.94. The monoisotopic (exact) mass is 234 g/mol. The third-order valence-corrected chi connectivity index (χ3v) is 2.94. The van der Waals surface area contributed by atoms with E-state index < -0.39 is 0 Å². The predicted octanol–water partition coefficient (Wildman–Crippen LogP) is 2.89. The first-order valence-corrected chi connectivity index (χ1v) is 6.30. The molecule has 0 aliphatic heterocycles. The molecule has 1 aromatic rings. The number of nitrogens with one attached hydrogen (secondary N) is 1. The van der Waals surface area contributed by atoms with Crippen molar-refractivity contribution in [2.45, 2.75) is 39.5 Å². The summed E-state index contributed by atoms with van der Waals surface area (Å²) in [6.07, 6.45) is 4.66. The molecule has 0 spiro atoms. The molecule has 0 radical (unpaired) electrons. The summed E-state index contributed by atoms with van der Waals surface area (Å²) >= 11 is 0. The molecule has 0 aliphatic rings. The van der Waals surface area contributed by atoms with E-state index in [0.29, 0.717) is 11.3 Å². The molecule has 0 heterocycles. The maximum absolute atomic E-state index is 11.9. The summed E-state index contributed by atoms with van der Waals surface area (Å²) in [6.45, 7) is 4.79. The summed E-state index contributed by atoms with van der Waals surface area (Å²) in [5, 5.41) is 2.93. The van der Waals surface area contributed by atoms with Crippen LogP contribution in [0.5, 0.6) is 0 Å². The number of unbranched alkanes of at least 4 members (excludes halogenated alkanes) is 3. The first kappa shape index (κ1) is 13.6. The minimum atomic E-state index is -0.0219. The van der Waals surface area contributed by atoms with Gasteiger partial charge < -0.3 is 11.1 Å². The summed E-state index contributed by atoms with van der Waals surface area (Å²) in [4.78, 5) is 11.9. The van der Waals surface area contributed by atoms with Crippen LogP contribution < -0.4 is 11.1 Å². The number of benzene rings is 1. The quantitative estimate of drug-likeness (QED) is 0.587. The zero-order valence-corrected chi connectivity index (χ0v) is 10.8. The lowest BCUT2D eigenvalue weighted by Crippen LogP contribution is -2.25. The minimum Gasteiger partial charge on any atom is -0.398 e. The van der Waals surface area contributed by atoms with E-state index >= 15 is 0 Å². The standard InChI is InChI=1S/C14H22N2O/c1-3-4-5-6-10-16-14(17)12-8-7-9-13(15)11(12)2/h7-9H,3-6,10,15H2,1-2H3,(H,16,17). The van der Waals surface area contributed by atoms with E-state index in [9.17, 15) is 4.79 Å². The van der Waals surface area contributed by atoms with Crippen LogP contribution in [0.2, 0.25) is 0 Å². The summed E-state index contributed by atoms with van der Waals surface area (Å²) < 4.78 is 0. The number of hydrogen-bond acceptors (Lipinski definition) is 2. The van der Waals surface area contributed by atoms with Crippen LogP contribution in [0.1, 0.15) is 48.5 Å². The Labute approximate surface area is 103 Å². The van der Waals surface area contributed by atoms with Gasteiger partial charge in [0.15, 0.2) is 0 Å². The van der Waals surface area contributed by atoms with E-state index in [0.717, 1.165) is 18.5 Å². The Morgan fingerprint density at radius 3 is 2.76 bits per heavy atom. The van der Waals surface area contributed by atoms with Gasteiger partial charge in [0.05, 0.1) is 0 Å². The average molecular weight is 234 g/mol. The van der Waals surface area contributed by atoms with Gasteiger partial charge in [-0.1, -0.05) is 32.3 Å². The first-order chi connectivity index (χ1) is 8.16. The fourth-order valence-corrected chi connectivity index (χ4v) is 1.75. The Morgan fingerprint density at radius 1 is 1.29 bits per heavy atom. The second-order valence-electron chi connectivity index (χ2n) is 4.34. The maximum Gasteiger partial charge on any atom is 0.251 e. The molecule has 0 aromatic heterocycles. The average Bonchev–Trinajstić information content (AvgIpc) is 2.32. The molecule has 3 nitrogen and oxygen atoms in total. The minimum absolute atomic E-state index is 0.0219. The molecule has 94 valence electrons. The van der Waals surface area contributed by atoms with Gasteiger partial charge in [-0.3, -0.25) is 4.79 Å². The van der Waals surface area contributed by atoms with Gasteiger partial charge in [0.25, 0.3) is 5.91 Å². The van der Waals surface area contributed by atoms with E-state index in [1.54, 1.807) is 0 Å². The van der Waals surface area contributed by atoms with Crippen LogP contribution >= 0.6 is 0 Å². The van der Waals surface area contributed by atoms with Crippen molar-refractivity contribution in [2.75, 3.05) is 12.3 Å². The highest BCUT2D eigenvalue weighted by Crippen LogP contribution is 2.15. The van der Waals surface area contributed by atoms with Crippen molar-refractivity contribution < 1.29 is 4.79 Å². The molecular weight excluding hydrogens is 212 g/mol. The van der Waals surface area contributed by atoms with Crippen LogP contribution in [0.4, 0.5) is 5.69 Å². The van der Waals surface area contributed by atoms with Gasteiger partial charge in [-0.05, 0) is 31.0 Å². The third kappa shape index (κ3) is 4.10. The molecule has 0 saturated carbocycles. The highest BCUT2D eigenvalue weighted by Gasteiger charge is 2.09. The predicted molar refractivity (Wildman–Crippen MR) is 72.1 cm³/mol. The Morgan fingerprint density at radius 2 is 2.06 bits per heavy atom. The highest BCUT2D eigenvalue weighted by molar-refractivity contribution is 5.96. The smallest absolute Gasteiger partial charge is 0.251 e. The SMILES string of the molecule is CCCCCCNC(=O)c1cccc(N)c1C. The van der Waals surface area contributed by atoms with E-state index in [1.807, 2.05) is 25.1 Å². The molecule has 0 unspecified atom stereocenters. The van der Waals surface area contributed by atoms with Gasteiger partial charge in [-0.2, -0.15) is 0 Å². The van der Waals surface area contributed by atoms with Crippen molar-refractivity contribution in [3.8, 4) is 0 Å². The van der Waals surface area contributed by atoms with Crippen LogP contribution in [-0.2, 0) is 0 Å². The van der Waals surface area contributed by atoms with Crippen molar-refractivity contribution >= 4 is 11.6 Å². The molecule has 17 heavy (non-hydrogen) atoms. The molecule has 0 aliphatic carbocycles. The summed E-state index contributed by atoms with van der Waals surface area (Å²) in [6, 6.07) is 5.44. The van der Waals surface area contributed by atoms with Crippen molar-refractivity contribution in [3.63, 3.8) is 0 Å². The number of anilines is 1. The van der Waals surface area contributed by atoms with Crippen LogP contribution in [-0.4, -0.2) is 12.5 Å². The van der Waals surface area contributed by atoms with Gasteiger partial charge in [-0.15, -0.1) is 0 Å². The van der Waals surface area contributed by atoms with E-state index in [2.05, 4.69) is 12.2 Å². The number of carbonyl (C=O) groups excluding carboxylic acids is 1. The molecule has 1 rings (SSSR count). The molecular formula is C14H22N2O. The van der Waals surface area contributed by atoms with Gasteiger partial charge in [-0.25, -0.2) is 0 Å². The molecule has 1 amide bonds. The maximum atomic E-state index is 11.9. The highest BCUT2D eigenvalue weighted by atomic mass is 16.1. The first-order valence-electron chi connectivity index (χ1n) is 6.30. The van der Waals surface area contributed by atoms with Crippen LogP contribution in [0, 0.1) is 6.92 Å². The Bertz CT molecular complexity index is 374. The molecule has 0 atom stereocenters. The van der Waals surface area contributed by atoms with Crippen LogP contribution in [0.15, 0.2) is 18.2 Å². The number of rotatable bonds is 6. The van der Waals surface area contributed by atoms with Gasteiger partial charge >= 0.3 is 0 Å². The number of hydrogen-bond donors (Lipinski definition) is 2. The van der Waals surface area contributed by atoms with Crippen LogP contribution in [0.3, 0.4) is 0 Å². The molecule has 3 heteroatoms. The Hall–Kier alpha value is -1.51. The fraction of sp³-hybridized carbons (Fsp3) is 0.500. The van der Waals surface area contributed by atoms with Gasteiger partial charge in [0.1, 0.15) is 0 Å². The number of carbonyl (C=O) groups is 1. The van der Waals surface area contributed by atoms with E-state index in [-0.39, 0.29) is 5.91 Å². The van der Waals surface area contributed by atoms with Crippen molar-refractivity contribution in [1.29, 1.82) is 0 Å². The number of nitrogen functional groups attached to an aromatic ring is 1. The summed E-state index contributed by atoms with van der Waals surface area (Å²) in [7, 11) is 0. The third-order valence-electron chi connectivity index (χ3n) is 2.94.